The Kier molecular flexibility index (Phi) is 3.12. The molecule has 0 radical (unpaired) electrons. The van der Waals surface area contributed by atoms with Gasteiger partial charge in [-0.3, -0.25) is 0 Å². The van der Waals surface area contributed by atoms with Crippen LogP contribution in [0.15, 0.2) is 42.5 Å². The van der Waals surface area contributed by atoms with Gasteiger partial charge in [0.2, 0.25) is 0 Å². The first kappa shape index (κ1) is 16.0. The zero-order valence-corrected chi connectivity index (χ0v) is 15.5. The van der Waals surface area contributed by atoms with Crippen molar-refractivity contribution in [2.45, 2.75) is 48.8 Å². The Bertz CT molecular complexity index is 913. The van der Waals surface area contributed by atoms with Gasteiger partial charge in [-0.15, -0.1) is 0 Å². The van der Waals surface area contributed by atoms with Gasteiger partial charge < -0.3 is 19.8 Å². The SMILES string of the molecule is CN1CC[C@]23c4c5ccc(O)c4O[C@H]2[C@@H](O)[C@@H](c2ccccc2)CC3[C@H]1C5. The normalized spacial score (nSPS) is 39.0. The summed E-state index contributed by atoms with van der Waals surface area (Å²) in [6.07, 6.45) is 2.11. The van der Waals surface area contributed by atoms with Gasteiger partial charge in [0.1, 0.15) is 6.10 Å². The lowest BCUT2D eigenvalue weighted by Crippen LogP contribution is -2.67. The van der Waals surface area contributed by atoms with Crippen molar-refractivity contribution in [2.24, 2.45) is 5.92 Å². The van der Waals surface area contributed by atoms with E-state index in [9.17, 15) is 10.2 Å². The molecule has 2 N–H and O–H groups in total. The number of nitrogens with zero attached hydrogens (tertiary/aromatic N) is 1. The smallest absolute Gasteiger partial charge is 0.165 e. The highest BCUT2D eigenvalue weighted by Gasteiger charge is 2.67. The highest BCUT2D eigenvalue weighted by atomic mass is 16.5. The van der Waals surface area contributed by atoms with Crippen molar-refractivity contribution in [3.63, 3.8) is 0 Å². The van der Waals surface area contributed by atoms with Gasteiger partial charge in [0.25, 0.3) is 0 Å². The molecule has 2 fully saturated rings. The fourth-order valence-corrected chi connectivity index (χ4v) is 6.74. The number of phenolic OH excluding ortho intramolecular Hbond substituents is 1. The van der Waals surface area contributed by atoms with Crippen molar-refractivity contribution < 1.29 is 14.9 Å². The van der Waals surface area contributed by atoms with Crippen LogP contribution in [0.3, 0.4) is 0 Å². The number of aliphatic hydroxyl groups excluding tert-OH is 1. The van der Waals surface area contributed by atoms with E-state index in [4.69, 9.17) is 4.74 Å². The number of rotatable bonds is 1. The summed E-state index contributed by atoms with van der Waals surface area (Å²) in [5.74, 6) is 1.36. The molecule has 6 rings (SSSR count). The fraction of sp³-hybridized carbons (Fsp3) is 0.478. The zero-order chi connectivity index (χ0) is 18.3. The number of piperidine rings is 1. The molecule has 0 aromatic heterocycles. The molecule has 6 atom stereocenters. The van der Waals surface area contributed by atoms with Crippen LogP contribution in [0.1, 0.15) is 35.4 Å². The molecule has 2 aliphatic heterocycles. The summed E-state index contributed by atoms with van der Waals surface area (Å²) in [7, 11) is 2.23. The predicted molar refractivity (Wildman–Crippen MR) is 102 cm³/mol. The van der Waals surface area contributed by atoms with E-state index in [2.05, 4.69) is 42.3 Å². The predicted octanol–water partition coefficient (Wildman–Crippen LogP) is 2.82. The highest BCUT2D eigenvalue weighted by Crippen LogP contribution is 2.65. The number of aromatic hydroxyl groups is 1. The van der Waals surface area contributed by atoms with E-state index < -0.39 is 6.10 Å². The zero-order valence-electron chi connectivity index (χ0n) is 15.5. The molecule has 2 bridgehead atoms. The van der Waals surface area contributed by atoms with Crippen molar-refractivity contribution in [1.82, 2.24) is 4.90 Å². The Labute approximate surface area is 159 Å². The van der Waals surface area contributed by atoms with Crippen LogP contribution in [0.4, 0.5) is 0 Å². The number of ether oxygens (including phenoxy) is 1. The van der Waals surface area contributed by atoms with Crippen molar-refractivity contribution in [3.05, 3.63) is 59.2 Å². The lowest BCUT2D eigenvalue weighted by atomic mass is 9.49. The molecule has 1 unspecified atom stereocenters. The largest absolute Gasteiger partial charge is 0.504 e. The quantitative estimate of drug-likeness (QED) is 0.818. The molecule has 27 heavy (non-hydrogen) atoms. The van der Waals surface area contributed by atoms with E-state index in [-0.39, 0.29) is 23.2 Å². The molecule has 0 amide bonds. The molecule has 1 saturated carbocycles. The lowest BCUT2D eigenvalue weighted by Gasteiger charge is -2.60. The van der Waals surface area contributed by atoms with Gasteiger partial charge in [0.05, 0.1) is 6.10 Å². The summed E-state index contributed by atoms with van der Waals surface area (Å²) in [4.78, 5) is 2.50. The molecule has 2 heterocycles. The minimum atomic E-state index is -0.564. The molecule has 1 saturated heterocycles. The van der Waals surface area contributed by atoms with Crippen LogP contribution in [0.25, 0.3) is 0 Å². The minimum absolute atomic E-state index is 0.0707. The number of phenols is 1. The maximum Gasteiger partial charge on any atom is 0.165 e. The van der Waals surface area contributed by atoms with Crippen molar-refractivity contribution in [1.29, 1.82) is 0 Å². The standard InChI is InChI=1S/C23H25NO3/c1-24-10-9-23-16-12-15(13-5-3-2-4-6-13)20(26)22(23)27-21-18(25)8-7-14(19(21)23)11-17(16)24/h2-8,15-17,20,22,25-26H,9-12H2,1H3/t15-,16?,17-,20+,22+,23+/m1/s1. The number of hydrogen-bond acceptors (Lipinski definition) is 4. The Hall–Kier alpha value is -2.04. The van der Waals surface area contributed by atoms with E-state index in [1.54, 1.807) is 6.07 Å². The number of likely N-dealkylation sites (N-methyl/N-ethyl adjacent to an activating group) is 1. The van der Waals surface area contributed by atoms with Gasteiger partial charge in [-0.25, -0.2) is 0 Å². The third-order valence-corrected chi connectivity index (χ3v) is 7.90. The first-order valence-corrected chi connectivity index (χ1v) is 10.1. The summed E-state index contributed by atoms with van der Waals surface area (Å²) in [5.41, 5.74) is 3.52. The Morgan fingerprint density at radius 1 is 1.15 bits per heavy atom. The highest BCUT2D eigenvalue weighted by molar-refractivity contribution is 5.61. The summed E-state index contributed by atoms with van der Waals surface area (Å²) >= 11 is 0. The van der Waals surface area contributed by atoms with E-state index in [0.29, 0.717) is 17.7 Å². The van der Waals surface area contributed by atoms with E-state index in [1.165, 1.54) is 16.7 Å². The van der Waals surface area contributed by atoms with Gasteiger partial charge in [0.15, 0.2) is 11.5 Å². The van der Waals surface area contributed by atoms with Gasteiger partial charge in [-0.2, -0.15) is 0 Å². The van der Waals surface area contributed by atoms with Crippen molar-refractivity contribution in [3.8, 4) is 11.5 Å². The number of aliphatic hydroxyl groups is 1. The second-order valence-corrected chi connectivity index (χ2v) is 8.88. The van der Waals surface area contributed by atoms with Crippen LogP contribution in [0, 0.1) is 5.92 Å². The maximum absolute atomic E-state index is 11.4. The first-order valence-electron chi connectivity index (χ1n) is 10.1. The van der Waals surface area contributed by atoms with E-state index in [1.807, 2.05) is 6.07 Å². The monoisotopic (exact) mass is 363 g/mol. The van der Waals surface area contributed by atoms with Crippen LogP contribution >= 0.6 is 0 Å². The molecule has 4 heteroatoms. The molecule has 2 aromatic carbocycles. The minimum Gasteiger partial charge on any atom is -0.504 e. The average Bonchev–Trinajstić information content (AvgIpc) is 3.04. The Balaban J connectivity index is 1.56. The maximum atomic E-state index is 11.4. The third-order valence-electron chi connectivity index (χ3n) is 7.90. The third kappa shape index (κ3) is 1.85. The van der Waals surface area contributed by atoms with Gasteiger partial charge in [-0.1, -0.05) is 36.4 Å². The molecule has 2 aliphatic carbocycles. The first-order chi connectivity index (χ1) is 13.1. The molecule has 4 nitrogen and oxygen atoms in total. The van der Waals surface area contributed by atoms with Crippen LogP contribution in [0.2, 0.25) is 0 Å². The van der Waals surface area contributed by atoms with Crippen LogP contribution in [-0.4, -0.2) is 47.0 Å². The van der Waals surface area contributed by atoms with Gasteiger partial charge in [-0.05, 0) is 56.0 Å². The summed E-state index contributed by atoms with van der Waals surface area (Å²) in [6.45, 7) is 1.01. The van der Waals surface area contributed by atoms with Crippen molar-refractivity contribution >= 4 is 0 Å². The Morgan fingerprint density at radius 2 is 1.96 bits per heavy atom. The van der Waals surface area contributed by atoms with E-state index in [0.717, 1.165) is 25.8 Å². The van der Waals surface area contributed by atoms with Gasteiger partial charge >= 0.3 is 0 Å². The van der Waals surface area contributed by atoms with Gasteiger partial charge in [0, 0.05) is 22.9 Å². The molecular weight excluding hydrogens is 338 g/mol. The van der Waals surface area contributed by atoms with Crippen LogP contribution in [-0.2, 0) is 11.8 Å². The molecule has 2 aromatic rings. The molecule has 4 aliphatic rings. The number of benzene rings is 2. The van der Waals surface area contributed by atoms with Crippen molar-refractivity contribution in [2.75, 3.05) is 13.6 Å². The molecular formula is C23H25NO3. The fourth-order valence-electron chi connectivity index (χ4n) is 6.74. The molecule has 140 valence electrons. The summed E-state index contributed by atoms with van der Waals surface area (Å²) in [6, 6.07) is 14.7. The lowest BCUT2D eigenvalue weighted by molar-refractivity contribution is -0.110. The Morgan fingerprint density at radius 3 is 2.78 bits per heavy atom. The van der Waals surface area contributed by atoms with Crippen LogP contribution in [0.5, 0.6) is 11.5 Å². The molecule has 1 spiro atoms. The second-order valence-electron chi connectivity index (χ2n) is 8.88. The second kappa shape index (κ2) is 5.27. The number of hydrogen-bond donors (Lipinski definition) is 2. The summed E-state index contributed by atoms with van der Waals surface area (Å²) < 4.78 is 6.39. The van der Waals surface area contributed by atoms with Crippen LogP contribution < -0.4 is 4.74 Å². The average molecular weight is 363 g/mol. The number of likely N-dealkylation sites (tertiary alicyclic amines) is 1. The van der Waals surface area contributed by atoms with E-state index >= 15 is 0 Å². The topological polar surface area (TPSA) is 52.9 Å². The summed E-state index contributed by atoms with van der Waals surface area (Å²) in [5, 5.41) is 22.0.